The van der Waals surface area contributed by atoms with Gasteiger partial charge in [-0.3, -0.25) is 4.79 Å². The number of hydrogen-bond donors (Lipinski definition) is 5. The molecule has 0 bridgehead atoms. The quantitative estimate of drug-likeness (QED) is 0.322. The first-order valence-electron chi connectivity index (χ1n) is 7.23. The Kier molecular flexibility index (Phi) is 5.95. The molecular weight excluding hydrogens is 374 g/mol. The van der Waals surface area contributed by atoms with Gasteiger partial charge in [-0.2, -0.15) is 0 Å². The molecule has 0 saturated carbocycles. The largest absolute Gasteiger partial charge is 0.479 e. The van der Waals surface area contributed by atoms with Crippen molar-refractivity contribution in [2.24, 2.45) is 5.14 Å². The van der Waals surface area contributed by atoms with Crippen LogP contribution in [0.3, 0.4) is 0 Å². The number of ether oxygens (including phenoxy) is 2. The maximum absolute atomic E-state index is 12.1. The van der Waals surface area contributed by atoms with Crippen LogP contribution < -0.4 is 9.88 Å². The van der Waals surface area contributed by atoms with Crippen molar-refractivity contribution in [1.29, 1.82) is 0 Å². The van der Waals surface area contributed by atoms with Crippen molar-refractivity contribution in [3.8, 4) is 5.75 Å². The van der Waals surface area contributed by atoms with E-state index >= 15 is 0 Å². The number of carbonyl (C=O) groups is 2. The number of rotatable bonds is 6. The highest BCUT2D eigenvalue weighted by atomic mass is 32.2. The lowest BCUT2D eigenvalue weighted by Gasteiger charge is -2.38. The van der Waals surface area contributed by atoms with Crippen LogP contribution in [-0.4, -0.2) is 77.1 Å². The van der Waals surface area contributed by atoms with Gasteiger partial charge in [0.1, 0.15) is 29.8 Å². The van der Waals surface area contributed by atoms with Crippen molar-refractivity contribution in [3.05, 3.63) is 29.8 Å². The zero-order chi connectivity index (χ0) is 19.6. The van der Waals surface area contributed by atoms with Crippen LogP contribution in [0.15, 0.2) is 24.3 Å². The lowest BCUT2D eigenvalue weighted by atomic mass is 9.99. The van der Waals surface area contributed by atoms with Crippen LogP contribution in [0.4, 0.5) is 0 Å². The number of Topliss-reactive ketones (excluding diaryl/α,β-unsaturated/α-hetero) is 1. The summed E-state index contributed by atoms with van der Waals surface area (Å²) in [7, 11) is -4.10. The number of ketones is 1. The molecule has 0 amide bonds. The number of para-hydroxylation sites is 1. The number of carbonyl (C=O) groups excluding carboxylic acids is 1. The first kappa shape index (κ1) is 20.2. The number of aliphatic carboxylic acids is 1. The molecular formula is C14H17NO10S. The second-order valence-corrected chi connectivity index (χ2v) is 7.19. The van der Waals surface area contributed by atoms with Gasteiger partial charge in [-0.15, -0.1) is 0 Å². The van der Waals surface area contributed by atoms with Crippen molar-refractivity contribution in [2.75, 3.05) is 5.75 Å². The Balaban J connectivity index is 2.27. The maximum atomic E-state index is 12.1. The zero-order valence-corrected chi connectivity index (χ0v) is 13.9. The van der Waals surface area contributed by atoms with Crippen LogP contribution in [0.1, 0.15) is 10.4 Å². The minimum atomic E-state index is -4.10. The Labute approximate surface area is 147 Å². The molecule has 1 saturated heterocycles. The summed E-state index contributed by atoms with van der Waals surface area (Å²) in [6.07, 6.45) is -9.24. The minimum Gasteiger partial charge on any atom is -0.479 e. The summed E-state index contributed by atoms with van der Waals surface area (Å²) >= 11 is 0. The number of aliphatic hydroxyl groups excluding tert-OH is 3. The summed E-state index contributed by atoms with van der Waals surface area (Å²) in [6.45, 7) is 0. The van der Waals surface area contributed by atoms with Crippen LogP contribution >= 0.6 is 0 Å². The molecule has 5 atom stereocenters. The van der Waals surface area contributed by atoms with Gasteiger partial charge in [-0.1, -0.05) is 12.1 Å². The second kappa shape index (κ2) is 7.65. The van der Waals surface area contributed by atoms with Gasteiger partial charge in [0, 0.05) is 0 Å². The van der Waals surface area contributed by atoms with Crippen LogP contribution in [0.2, 0.25) is 0 Å². The van der Waals surface area contributed by atoms with Crippen LogP contribution in [-0.2, 0) is 19.6 Å². The molecule has 2 rings (SSSR count). The van der Waals surface area contributed by atoms with Gasteiger partial charge in [-0.05, 0) is 12.1 Å². The smallest absolute Gasteiger partial charge is 0.335 e. The molecule has 144 valence electrons. The molecule has 11 nitrogen and oxygen atoms in total. The number of hydrogen-bond acceptors (Lipinski definition) is 9. The number of aliphatic hydroxyl groups is 3. The van der Waals surface area contributed by atoms with E-state index in [1.165, 1.54) is 24.3 Å². The van der Waals surface area contributed by atoms with E-state index in [0.29, 0.717) is 0 Å². The molecule has 1 aliphatic heterocycles. The van der Waals surface area contributed by atoms with Crippen molar-refractivity contribution in [2.45, 2.75) is 30.7 Å². The lowest BCUT2D eigenvalue weighted by molar-refractivity contribution is -0.271. The Hall–Kier alpha value is -2.09. The van der Waals surface area contributed by atoms with E-state index in [0.717, 1.165) is 0 Å². The first-order chi connectivity index (χ1) is 12.0. The number of sulfonamides is 1. The van der Waals surface area contributed by atoms with Gasteiger partial charge >= 0.3 is 5.97 Å². The van der Waals surface area contributed by atoms with Crippen LogP contribution in [0.5, 0.6) is 5.75 Å². The average molecular weight is 391 g/mol. The van der Waals surface area contributed by atoms with E-state index in [4.69, 9.17) is 19.7 Å². The fourth-order valence-corrected chi connectivity index (χ4v) is 2.86. The SMILES string of the molecule is NS(=O)(=O)CC(=O)c1ccccc1O[C@@H]1O[C@H](C(=O)O)[C@@H](O)[C@H](O)[C@H]1O. The van der Waals surface area contributed by atoms with E-state index in [9.17, 15) is 33.3 Å². The van der Waals surface area contributed by atoms with Gasteiger partial charge in [0.15, 0.2) is 11.9 Å². The number of carboxylic acids is 1. The fourth-order valence-electron chi connectivity index (χ4n) is 2.33. The van der Waals surface area contributed by atoms with E-state index in [1.54, 1.807) is 0 Å². The summed E-state index contributed by atoms with van der Waals surface area (Å²) < 4.78 is 32.4. The Morgan fingerprint density at radius 1 is 1.12 bits per heavy atom. The number of benzene rings is 1. The van der Waals surface area contributed by atoms with Crippen molar-refractivity contribution in [3.63, 3.8) is 0 Å². The Morgan fingerprint density at radius 2 is 1.73 bits per heavy atom. The summed E-state index contributed by atoms with van der Waals surface area (Å²) in [5, 5.41) is 43.2. The van der Waals surface area contributed by atoms with E-state index in [2.05, 4.69) is 0 Å². The molecule has 1 aromatic carbocycles. The summed E-state index contributed by atoms with van der Waals surface area (Å²) in [4.78, 5) is 23.1. The van der Waals surface area contributed by atoms with Crippen molar-refractivity contribution >= 4 is 21.8 Å². The van der Waals surface area contributed by atoms with Crippen molar-refractivity contribution < 1.29 is 47.9 Å². The summed E-state index contributed by atoms with van der Waals surface area (Å²) in [5.74, 6) is -3.72. The second-order valence-electron chi connectivity index (χ2n) is 5.58. The predicted molar refractivity (Wildman–Crippen MR) is 83.7 cm³/mol. The normalized spacial score (nSPS) is 29.2. The molecule has 0 spiro atoms. The molecule has 0 aromatic heterocycles. The molecule has 1 aliphatic rings. The molecule has 1 heterocycles. The highest BCUT2D eigenvalue weighted by molar-refractivity contribution is 7.89. The third-order valence-electron chi connectivity index (χ3n) is 3.58. The number of carboxylic acid groups (broad SMARTS) is 1. The van der Waals surface area contributed by atoms with E-state index in [1.807, 2.05) is 0 Å². The topological polar surface area (TPSA) is 194 Å². The molecule has 1 aromatic rings. The third kappa shape index (κ3) is 4.55. The molecule has 0 radical (unpaired) electrons. The first-order valence-corrected chi connectivity index (χ1v) is 8.94. The molecule has 12 heteroatoms. The third-order valence-corrected chi connectivity index (χ3v) is 4.24. The molecule has 6 N–H and O–H groups in total. The lowest BCUT2D eigenvalue weighted by Crippen LogP contribution is -2.61. The predicted octanol–water partition coefficient (Wildman–Crippen LogP) is -2.57. The minimum absolute atomic E-state index is 0.204. The van der Waals surface area contributed by atoms with Crippen LogP contribution in [0.25, 0.3) is 0 Å². The van der Waals surface area contributed by atoms with E-state index < -0.39 is 58.2 Å². The van der Waals surface area contributed by atoms with Gasteiger partial charge < -0.3 is 29.9 Å². The summed E-state index contributed by atoms with van der Waals surface area (Å²) in [5.41, 5.74) is -0.204. The van der Waals surface area contributed by atoms with Crippen LogP contribution in [0, 0.1) is 0 Å². The molecule has 0 aliphatic carbocycles. The Morgan fingerprint density at radius 3 is 2.31 bits per heavy atom. The summed E-state index contributed by atoms with van der Waals surface area (Å²) in [6, 6.07) is 5.33. The average Bonchev–Trinajstić information content (AvgIpc) is 2.53. The van der Waals surface area contributed by atoms with Gasteiger partial charge in [0.25, 0.3) is 0 Å². The number of primary sulfonamides is 1. The van der Waals surface area contributed by atoms with E-state index in [-0.39, 0.29) is 11.3 Å². The number of nitrogens with two attached hydrogens (primary N) is 1. The van der Waals surface area contributed by atoms with Gasteiger partial charge in [-0.25, -0.2) is 18.4 Å². The van der Waals surface area contributed by atoms with Crippen molar-refractivity contribution in [1.82, 2.24) is 0 Å². The highest BCUT2D eigenvalue weighted by Gasteiger charge is 2.48. The highest BCUT2D eigenvalue weighted by Crippen LogP contribution is 2.27. The van der Waals surface area contributed by atoms with Gasteiger partial charge in [0.05, 0.1) is 5.56 Å². The standard InChI is InChI=1S/C14H17NO10S/c15-26(22,23)5-7(16)6-3-1-2-4-8(6)24-14-11(19)9(17)10(18)12(25-14)13(20)21/h1-4,9-12,14,17-19H,5H2,(H,20,21)(H2,15,22,23)/t9-,10-,11+,12-,14+/m0/s1. The Bertz CT molecular complexity index is 795. The molecule has 1 fully saturated rings. The monoisotopic (exact) mass is 391 g/mol. The molecule has 0 unspecified atom stereocenters. The fraction of sp³-hybridized carbons (Fsp3) is 0.429. The zero-order valence-electron chi connectivity index (χ0n) is 13.1. The maximum Gasteiger partial charge on any atom is 0.335 e. The molecule has 26 heavy (non-hydrogen) atoms. The van der Waals surface area contributed by atoms with Gasteiger partial charge in [0.2, 0.25) is 16.3 Å².